The Balaban J connectivity index is 2.10. The Kier molecular flexibility index (Phi) is 3.55. The number of hydrogen-bond donors (Lipinski definition) is 1. The molecule has 0 aromatic heterocycles. The molecule has 100 valence electrons. The third-order valence-corrected chi connectivity index (χ3v) is 4.07. The quantitative estimate of drug-likeness (QED) is 0.845. The van der Waals surface area contributed by atoms with Crippen molar-refractivity contribution in [1.29, 1.82) is 0 Å². The van der Waals surface area contributed by atoms with Gasteiger partial charge in [-0.2, -0.15) is 0 Å². The Morgan fingerprint density at radius 1 is 1.11 bits per heavy atom. The summed E-state index contributed by atoms with van der Waals surface area (Å²) in [5, 5.41) is 3.59. The van der Waals surface area contributed by atoms with Crippen LogP contribution >= 0.6 is 0 Å². The Labute approximate surface area is 112 Å². The van der Waals surface area contributed by atoms with Gasteiger partial charge in [0.05, 0.1) is 0 Å². The smallest absolute Gasteiger partial charge is 0.00785 e. The molecule has 1 aromatic carbocycles. The molecular weight excluding hydrogens is 218 g/mol. The van der Waals surface area contributed by atoms with Gasteiger partial charge in [0.1, 0.15) is 0 Å². The van der Waals surface area contributed by atoms with Crippen molar-refractivity contribution in [3.8, 4) is 0 Å². The normalized spacial score (nSPS) is 18.1. The van der Waals surface area contributed by atoms with Gasteiger partial charge >= 0.3 is 0 Å². The van der Waals surface area contributed by atoms with Crippen molar-refractivity contribution in [3.05, 3.63) is 35.4 Å². The Morgan fingerprint density at radius 3 is 2.06 bits per heavy atom. The van der Waals surface area contributed by atoms with Crippen LogP contribution in [0.15, 0.2) is 24.3 Å². The summed E-state index contributed by atoms with van der Waals surface area (Å²) < 4.78 is 0. The number of nitrogens with one attached hydrogen (secondary N) is 1. The molecule has 2 rings (SSSR count). The van der Waals surface area contributed by atoms with Gasteiger partial charge in [0.15, 0.2) is 0 Å². The minimum Gasteiger partial charge on any atom is -0.314 e. The molecule has 0 heterocycles. The van der Waals surface area contributed by atoms with E-state index in [1.165, 1.54) is 24.0 Å². The number of rotatable bonds is 4. The van der Waals surface area contributed by atoms with Crippen LogP contribution in [0.25, 0.3) is 0 Å². The van der Waals surface area contributed by atoms with Crippen LogP contribution in [0.3, 0.4) is 0 Å². The van der Waals surface area contributed by atoms with Crippen LogP contribution in [0.2, 0.25) is 0 Å². The van der Waals surface area contributed by atoms with Crippen LogP contribution < -0.4 is 5.32 Å². The molecule has 0 spiro atoms. The molecule has 1 aromatic rings. The minimum atomic E-state index is 0.255. The fourth-order valence-corrected chi connectivity index (χ4v) is 2.44. The number of hydrogen-bond acceptors (Lipinski definition) is 1. The topological polar surface area (TPSA) is 12.0 Å². The predicted molar refractivity (Wildman–Crippen MR) is 79.2 cm³/mol. The number of benzene rings is 1. The zero-order chi connectivity index (χ0) is 13.4. The summed E-state index contributed by atoms with van der Waals surface area (Å²) in [4.78, 5) is 0. The molecule has 0 bridgehead atoms. The first-order valence-electron chi connectivity index (χ1n) is 7.18. The Hall–Kier alpha value is -0.820. The maximum Gasteiger partial charge on any atom is 0.00785 e. The maximum atomic E-state index is 3.59. The third kappa shape index (κ3) is 2.95. The van der Waals surface area contributed by atoms with Crippen molar-refractivity contribution in [2.45, 2.75) is 64.3 Å². The van der Waals surface area contributed by atoms with Crippen molar-refractivity contribution in [2.75, 3.05) is 6.54 Å². The van der Waals surface area contributed by atoms with Crippen molar-refractivity contribution >= 4 is 0 Å². The van der Waals surface area contributed by atoms with E-state index in [-0.39, 0.29) is 5.41 Å². The summed E-state index contributed by atoms with van der Waals surface area (Å²) in [6, 6.07) is 9.89. The van der Waals surface area contributed by atoms with Gasteiger partial charge in [0, 0.05) is 18.0 Å². The molecule has 1 heteroatoms. The van der Waals surface area contributed by atoms with E-state index >= 15 is 0 Å². The lowest BCUT2D eigenvalue weighted by atomic mass is 9.85. The highest BCUT2D eigenvalue weighted by atomic mass is 14.9. The van der Waals surface area contributed by atoms with Crippen LogP contribution in [-0.4, -0.2) is 12.6 Å². The largest absolute Gasteiger partial charge is 0.314 e. The van der Waals surface area contributed by atoms with Gasteiger partial charge in [-0.15, -0.1) is 0 Å². The SMILES string of the molecule is CC(C)NCC1(c2ccc(C(C)(C)C)cc2)CC1. The van der Waals surface area contributed by atoms with Gasteiger partial charge in [0.2, 0.25) is 0 Å². The average molecular weight is 245 g/mol. The van der Waals surface area contributed by atoms with Gasteiger partial charge in [-0.25, -0.2) is 0 Å². The van der Waals surface area contributed by atoms with E-state index in [2.05, 4.69) is 64.2 Å². The predicted octanol–water partition coefficient (Wildman–Crippen LogP) is 4.01. The highest BCUT2D eigenvalue weighted by Gasteiger charge is 2.43. The fraction of sp³-hybridized carbons (Fsp3) is 0.647. The van der Waals surface area contributed by atoms with Gasteiger partial charge < -0.3 is 5.32 Å². The lowest BCUT2D eigenvalue weighted by molar-refractivity contribution is 0.519. The molecule has 0 amide bonds. The highest BCUT2D eigenvalue weighted by Crippen LogP contribution is 2.47. The molecule has 0 radical (unpaired) electrons. The third-order valence-electron chi connectivity index (χ3n) is 4.07. The van der Waals surface area contributed by atoms with Crippen LogP contribution in [0.5, 0.6) is 0 Å². The molecular formula is C17H27N. The highest BCUT2D eigenvalue weighted by molar-refractivity contribution is 5.36. The fourth-order valence-electron chi connectivity index (χ4n) is 2.44. The molecule has 0 aliphatic heterocycles. The molecule has 0 saturated heterocycles. The monoisotopic (exact) mass is 245 g/mol. The van der Waals surface area contributed by atoms with E-state index in [1.807, 2.05) is 0 Å². The van der Waals surface area contributed by atoms with E-state index in [0.717, 1.165) is 6.54 Å². The molecule has 1 saturated carbocycles. The summed E-state index contributed by atoms with van der Waals surface area (Å²) >= 11 is 0. The first-order chi connectivity index (χ1) is 8.33. The standard InChI is InChI=1S/C17H27N/c1-13(2)18-12-17(10-11-17)15-8-6-14(7-9-15)16(3,4)5/h6-9,13,18H,10-12H2,1-5H3. The Morgan fingerprint density at radius 2 is 1.67 bits per heavy atom. The van der Waals surface area contributed by atoms with E-state index in [4.69, 9.17) is 0 Å². The molecule has 1 aliphatic carbocycles. The van der Waals surface area contributed by atoms with Gasteiger partial charge in [-0.3, -0.25) is 0 Å². The summed E-state index contributed by atoms with van der Waals surface area (Å²) in [6.45, 7) is 12.4. The van der Waals surface area contributed by atoms with Crippen LogP contribution in [0, 0.1) is 0 Å². The zero-order valence-corrected chi connectivity index (χ0v) is 12.5. The summed E-state index contributed by atoms with van der Waals surface area (Å²) in [6.07, 6.45) is 2.67. The molecule has 1 fully saturated rings. The van der Waals surface area contributed by atoms with Crippen molar-refractivity contribution < 1.29 is 0 Å². The van der Waals surface area contributed by atoms with Gasteiger partial charge in [-0.05, 0) is 29.4 Å². The molecule has 1 N–H and O–H groups in total. The van der Waals surface area contributed by atoms with E-state index in [1.54, 1.807) is 0 Å². The van der Waals surface area contributed by atoms with E-state index < -0.39 is 0 Å². The average Bonchev–Trinajstić information content (AvgIpc) is 3.06. The second-order valence-electron chi connectivity index (χ2n) is 7.14. The molecule has 0 atom stereocenters. The minimum absolute atomic E-state index is 0.255. The van der Waals surface area contributed by atoms with Crippen molar-refractivity contribution in [2.24, 2.45) is 0 Å². The van der Waals surface area contributed by atoms with Gasteiger partial charge in [0.25, 0.3) is 0 Å². The maximum absolute atomic E-state index is 3.59. The van der Waals surface area contributed by atoms with Gasteiger partial charge in [-0.1, -0.05) is 58.9 Å². The summed E-state index contributed by atoms with van der Waals surface area (Å²) in [7, 11) is 0. The Bertz CT molecular complexity index is 391. The molecule has 1 nitrogen and oxygen atoms in total. The summed E-state index contributed by atoms with van der Waals surface area (Å²) in [5.74, 6) is 0. The van der Waals surface area contributed by atoms with Crippen LogP contribution in [0.4, 0.5) is 0 Å². The van der Waals surface area contributed by atoms with Crippen LogP contribution in [-0.2, 0) is 10.8 Å². The van der Waals surface area contributed by atoms with E-state index in [9.17, 15) is 0 Å². The lowest BCUT2D eigenvalue weighted by Gasteiger charge is -2.22. The van der Waals surface area contributed by atoms with Crippen molar-refractivity contribution in [1.82, 2.24) is 5.32 Å². The second kappa shape index (κ2) is 4.70. The first-order valence-corrected chi connectivity index (χ1v) is 7.18. The van der Waals surface area contributed by atoms with Crippen molar-refractivity contribution in [3.63, 3.8) is 0 Å². The molecule has 1 aliphatic rings. The molecule has 18 heavy (non-hydrogen) atoms. The van der Waals surface area contributed by atoms with Crippen LogP contribution in [0.1, 0.15) is 58.6 Å². The zero-order valence-electron chi connectivity index (χ0n) is 12.5. The first kappa shape index (κ1) is 13.6. The molecule has 0 unspecified atom stereocenters. The van der Waals surface area contributed by atoms with E-state index in [0.29, 0.717) is 11.5 Å². The lowest BCUT2D eigenvalue weighted by Crippen LogP contribution is -2.32. The second-order valence-corrected chi connectivity index (χ2v) is 7.14. The summed E-state index contributed by atoms with van der Waals surface area (Å²) in [5.41, 5.74) is 3.63.